The molecule has 0 unspecified atom stereocenters. The number of carbonyl (C=O) groups is 1. The van der Waals surface area contributed by atoms with Gasteiger partial charge in [-0.25, -0.2) is 0 Å². The van der Waals surface area contributed by atoms with Gasteiger partial charge < -0.3 is 15.6 Å². The highest BCUT2D eigenvalue weighted by Crippen LogP contribution is 2.27. The van der Waals surface area contributed by atoms with E-state index in [1.54, 1.807) is 0 Å². The van der Waals surface area contributed by atoms with Gasteiger partial charge in [0, 0.05) is 13.0 Å². The minimum absolute atomic E-state index is 0.381. The fraction of sp³-hybridized carbons (Fsp3) is 0.875. The van der Waals surface area contributed by atoms with Crippen molar-refractivity contribution in [3.8, 4) is 0 Å². The topological polar surface area (TPSA) is 72.5 Å². The van der Waals surface area contributed by atoms with Crippen molar-refractivity contribution in [2.24, 2.45) is 5.73 Å². The first-order valence-electron chi connectivity index (χ1n) is 4.45. The van der Waals surface area contributed by atoms with E-state index in [-0.39, 0.29) is 6.10 Å². The van der Waals surface area contributed by atoms with E-state index in [2.05, 4.69) is 0 Å². The fourth-order valence-electron chi connectivity index (χ4n) is 1.57. The standard InChI is InChI=1S/C8H14BNO3/c9-4-1-2-6-8(10,7(11)12)3-5-13-6/h6H,1-5,10H2,(H,11,12)/t6-,8-/m0/s1. The summed E-state index contributed by atoms with van der Waals surface area (Å²) in [7, 11) is 5.33. The molecule has 72 valence electrons. The molecule has 1 fully saturated rings. The number of hydrogen-bond donors (Lipinski definition) is 2. The monoisotopic (exact) mass is 183 g/mol. The molecule has 1 aliphatic heterocycles. The first kappa shape index (κ1) is 10.5. The van der Waals surface area contributed by atoms with Crippen LogP contribution in [0.2, 0.25) is 6.32 Å². The average molecular weight is 183 g/mol. The van der Waals surface area contributed by atoms with Crippen molar-refractivity contribution < 1.29 is 14.6 Å². The van der Waals surface area contributed by atoms with E-state index in [4.69, 9.17) is 23.4 Å². The Kier molecular flexibility index (Phi) is 3.33. The van der Waals surface area contributed by atoms with Gasteiger partial charge in [0.15, 0.2) is 0 Å². The summed E-state index contributed by atoms with van der Waals surface area (Å²) in [6.07, 6.45) is 1.91. The van der Waals surface area contributed by atoms with E-state index >= 15 is 0 Å². The second kappa shape index (κ2) is 4.11. The van der Waals surface area contributed by atoms with Crippen LogP contribution in [0, 0.1) is 0 Å². The van der Waals surface area contributed by atoms with Gasteiger partial charge in [-0.1, -0.05) is 12.7 Å². The van der Waals surface area contributed by atoms with Crippen LogP contribution in [0.15, 0.2) is 0 Å². The van der Waals surface area contributed by atoms with E-state index in [1.165, 1.54) is 0 Å². The minimum Gasteiger partial charge on any atom is -0.480 e. The second-order valence-corrected chi connectivity index (χ2v) is 3.39. The maximum absolute atomic E-state index is 10.9. The maximum Gasteiger partial charge on any atom is 0.326 e. The van der Waals surface area contributed by atoms with Crippen LogP contribution in [0.3, 0.4) is 0 Å². The minimum atomic E-state index is -1.20. The first-order chi connectivity index (χ1) is 6.11. The van der Waals surface area contributed by atoms with Gasteiger partial charge in [0.25, 0.3) is 0 Å². The highest BCUT2D eigenvalue weighted by molar-refractivity contribution is 6.08. The van der Waals surface area contributed by atoms with Crippen molar-refractivity contribution in [2.75, 3.05) is 6.61 Å². The summed E-state index contributed by atoms with van der Waals surface area (Å²) < 4.78 is 5.27. The van der Waals surface area contributed by atoms with Gasteiger partial charge in [-0.2, -0.15) is 0 Å². The molecule has 0 spiro atoms. The third kappa shape index (κ3) is 2.03. The molecular formula is C8H14BNO3. The highest BCUT2D eigenvalue weighted by atomic mass is 16.5. The summed E-state index contributed by atoms with van der Waals surface area (Å²) in [5.74, 6) is -0.980. The van der Waals surface area contributed by atoms with E-state index in [9.17, 15) is 4.79 Å². The molecule has 1 heterocycles. The van der Waals surface area contributed by atoms with Crippen molar-refractivity contribution >= 4 is 13.8 Å². The Balaban J connectivity index is 2.57. The summed E-state index contributed by atoms with van der Waals surface area (Å²) in [6, 6.07) is 0. The Bertz CT molecular complexity index is 200. The van der Waals surface area contributed by atoms with Crippen molar-refractivity contribution in [1.82, 2.24) is 0 Å². The molecule has 0 amide bonds. The Morgan fingerprint density at radius 3 is 3.00 bits per heavy atom. The largest absolute Gasteiger partial charge is 0.480 e. The molecule has 1 rings (SSSR count). The lowest BCUT2D eigenvalue weighted by molar-refractivity contribution is -0.145. The number of carboxylic acid groups (broad SMARTS) is 1. The first-order valence-corrected chi connectivity index (χ1v) is 4.45. The molecule has 3 N–H and O–H groups in total. The molecule has 1 aliphatic rings. The molecule has 0 aromatic rings. The molecule has 2 atom stereocenters. The van der Waals surface area contributed by atoms with Gasteiger partial charge in [0.05, 0.1) is 14.0 Å². The Labute approximate surface area is 78.8 Å². The molecule has 0 bridgehead atoms. The lowest BCUT2D eigenvalue weighted by Crippen LogP contribution is -2.54. The molecule has 4 nitrogen and oxygen atoms in total. The summed E-state index contributed by atoms with van der Waals surface area (Å²) in [5.41, 5.74) is 4.52. The third-order valence-electron chi connectivity index (χ3n) is 2.48. The second-order valence-electron chi connectivity index (χ2n) is 3.39. The normalized spacial score (nSPS) is 33.5. The Hall–Kier alpha value is -0.545. The lowest BCUT2D eigenvalue weighted by Gasteiger charge is -2.24. The van der Waals surface area contributed by atoms with E-state index in [0.717, 1.165) is 6.42 Å². The number of aliphatic carboxylic acids is 1. The van der Waals surface area contributed by atoms with Crippen LogP contribution in [0.4, 0.5) is 0 Å². The molecule has 5 heteroatoms. The van der Waals surface area contributed by atoms with Crippen LogP contribution in [0.1, 0.15) is 19.3 Å². The van der Waals surface area contributed by atoms with Gasteiger partial charge in [-0.3, -0.25) is 4.79 Å². The van der Waals surface area contributed by atoms with Crippen LogP contribution < -0.4 is 5.73 Å². The SMILES string of the molecule is [B]CCC[C@@H]1OCC[C@@]1(N)C(=O)O. The quantitative estimate of drug-likeness (QED) is 0.598. The van der Waals surface area contributed by atoms with Gasteiger partial charge in [0.2, 0.25) is 0 Å². The predicted molar refractivity (Wildman–Crippen MR) is 48.7 cm³/mol. The van der Waals surface area contributed by atoms with Gasteiger partial charge >= 0.3 is 5.97 Å². The van der Waals surface area contributed by atoms with E-state index < -0.39 is 11.5 Å². The molecule has 1 saturated heterocycles. The summed E-state index contributed by atoms with van der Waals surface area (Å²) >= 11 is 0. The van der Waals surface area contributed by atoms with Crippen molar-refractivity contribution in [1.29, 1.82) is 0 Å². The summed E-state index contributed by atoms with van der Waals surface area (Å²) in [5, 5.41) is 8.91. The highest BCUT2D eigenvalue weighted by Gasteiger charge is 2.46. The summed E-state index contributed by atoms with van der Waals surface area (Å²) in [6.45, 7) is 0.429. The number of nitrogens with two attached hydrogens (primary N) is 1. The fourth-order valence-corrected chi connectivity index (χ4v) is 1.57. The Morgan fingerprint density at radius 1 is 1.77 bits per heavy atom. The van der Waals surface area contributed by atoms with Crippen molar-refractivity contribution in [3.63, 3.8) is 0 Å². The van der Waals surface area contributed by atoms with Crippen LogP contribution in [0.25, 0.3) is 0 Å². The predicted octanol–water partition coefficient (Wildman–Crippen LogP) is -0.0756. The molecule has 0 aromatic carbocycles. The van der Waals surface area contributed by atoms with Crippen LogP contribution in [-0.2, 0) is 9.53 Å². The van der Waals surface area contributed by atoms with Crippen molar-refractivity contribution in [3.05, 3.63) is 0 Å². The zero-order chi connectivity index (χ0) is 9.90. The van der Waals surface area contributed by atoms with Crippen LogP contribution in [0.5, 0.6) is 0 Å². The van der Waals surface area contributed by atoms with Crippen LogP contribution in [-0.4, -0.2) is 37.2 Å². The van der Waals surface area contributed by atoms with E-state index in [0.29, 0.717) is 25.8 Å². The number of carboxylic acids is 1. The van der Waals surface area contributed by atoms with Crippen molar-refractivity contribution in [2.45, 2.75) is 37.2 Å². The summed E-state index contributed by atoms with van der Waals surface area (Å²) in [4.78, 5) is 10.9. The maximum atomic E-state index is 10.9. The zero-order valence-corrected chi connectivity index (χ0v) is 7.53. The smallest absolute Gasteiger partial charge is 0.326 e. The molecular weight excluding hydrogens is 169 g/mol. The van der Waals surface area contributed by atoms with Gasteiger partial charge in [-0.15, -0.1) is 0 Å². The van der Waals surface area contributed by atoms with Gasteiger partial charge in [0.1, 0.15) is 5.54 Å². The zero-order valence-electron chi connectivity index (χ0n) is 7.53. The number of hydrogen-bond acceptors (Lipinski definition) is 3. The molecule has 2 radical (unpaired) electrons. The van der Waals surface area contributed by atoms with Gasteiger partial charge in [-0.05, 0) is 6.42 Å². The lowest BCUT2D eigenvalue weighted by atomic mass is 9.87. The number of rotatable bonds is 4. The number of ether oxygens (including phenoxy) is 1. The molecule has 13 heavy (non-hydrogen) atoms. The Morgan fingerprint density at radius 2 is 2.46 bits per heavy atom. The molecule has 0 aromatic heterocycles. The molecule has 0 saturated carbocycles. The van der Waals surface area contributed by atoms with Crippen LogP contribution >= 0.6 is 0 Å². The van der Waals surface area contributed by atoms with E-state index in [1.807, 2.05) is 0 Å². The average Bonchev–Trinajstić information content (AvgIpc) is 2.45. The third-order valence-corrected chi connectivity index (χ3v) is 2.48. The molecule has 0 aliphatic carbocycles.